The minimum Gasteiger partial charge on any atom is -0.480 e. The maximum atomic E-state index is 10.4. The quantitative estimate of drug-likeness (QED) is 0.465. The molecule has 11 heavy (non-hydrogen) atoms. The fourth-order valence-corrected chi connectivity index (χ4v) is 0.874. The SMILES string of the molecule is CNCCC[C@H](NC)C(=O)O. The maximum absolute atomic E-state index is 10.4. The van der Waals surface area contributed by atoms with Crippen molar-refractivity contribution in [3.05, 3.63) is 0 Å². The number of hydrogen-bond donors (Lipinski definition) is 3. The second-order valence-corrected chi connectivity index (χ2v) is 2.43. The summed E-state index contributed by atoms with van der Waals surface area (Å²) in [7, 11) is 3.52. The van der Waals surface area contributed by atoms with E-state index in [1.807, 2.05) is 7.05 Å². The molecule has 0 unspecified atom stereocenters. The van der Waals surface area contributed by atoms with Crippen LogP contribution in [0.3, 0.4) is 0 Å². The minimum absolute atomic E-state index is 0.400. The third kappa shape index (κ3) is 4.75. The summed E-state index contributed by atoms with van der Waals surface area (Å²) in [4.78, 5) is 10.4. The van der Waals surface area contributed by atoms with Crippen LogP contribution < -0.4 is 10.6 Å². The number of likely N-dealkylation sites (N-methyl/N-ethyl adjacent to an activating group) is 1. The first-order chi connectivity index (χ1) is 5.22. The molecule has 4 nitrogen and oxygen atoms in total. The topological polar surface area (TPSA) is 61.4 Å². The number of aliphatic carboxylic acids is 1. The lowest BCUT2D eigenvalue weighted by molar-refractivity contribution is -0.139. The molecule has 66 valence electrons. The van der Waals surface area contributed by atoms with Gasteiger partial charge in [0, 0.05) is 0 Å². The van der Waals surface area contributed by atoms with Crippen LogP contribution in [0.1, 0.15) is 12.8 Å². The van der Waals surface area contributed by atoms with Crippen molar-refractivity contribution in [2.24, 2.45) is 0 Å². The Hall–Kier alpha value is -0.610. The van der Waals surface area contributed by atoms with Crippen LogP contribution in [0.4, 0.5) is 0 Å². The summed E-state index contributed by atoms with van der Waals surface area (Å²) < 4.78 is 0. The number of carboxylic acid groups (broad SMARTS) is 1. The van der Waals surface area contributed by atoms with E-state index < -0.39 is 12.0 Å². The summed E-state index contributed by atoms with van der Waals surface area (Å²) in [6.07, 6.45) is 1.56. The first kappa shape index (κ1) is 10.4. The molecule has 0 aliphatic carbocycles. The Labute approximate surface area is 67.0 Å². The van der Waals surface area contributed by atoms with Gasteiger partial charge < -0.3 is 15.7 Å². The first-order valence-electron chi connectivity index (χ1n) is 3.77. The van der Waals surface area contributed by atoms with E-state index in [9.17, 15) is 4.79 Å². The van der Waals surface area contributed by atoms with E-state index >= 15 is 0 Å². The molecule has 0 saturated heterocycles. The van der Waals surface area contributed by atoms with Crippen LogP contribution in [-0.4, -0.2) is 37.8 Å². The summed E-state index contributed by atoms with van der Waals surface area (Å²) in [5.41, 5.74) is 0. The zero-order valence-corrected chi connectivity index (χ0v) is 7.05. The lowest BCUT2D eigenvalue weighted by atomic mass is 10.1. The molecule has 0 radical (unpaired) electrons. The molecule has 0 aromatic rings. The van der Waals surface area contributed by atoms with Crippen LogP contribution in [-0.2, 0) is 4.79 Å². The van der Waals surface area contributed by atoms with Gasteiger partial charge in [-0.3, -0.25) is 4.79 Å². The van der Waals surface area contributed by atoms with Gasteiger partial charge in [0.1, 0.15) is 6.04 Å². The molecule has 0 fully saturated rings. The molecule has 0 aliphatic rings. The second kappa shape index (κ2) is 6.12. The molecule has 0 rings (SSSR count). The van der Waals surface area contributed by atoms with E-state index in [1.54, 1.807) is 7.05 Å². The summed E-state index contributed by atoms with van der Waals surface area (Å²) in [5, 5.41) is 14.3. The fraction of sp³-hybridized carbons (Fsp3) is 0.857. The highest BCUT2D eigenvalue weighted by Gasteiger charge is 2.12. The van der Waals surface area contributed by atoms with Crippen LogP contribution in [0.5, 0.6) is 0 Å². The normalized spacial score (nSPS) is 12.9. The van der Waals surface area contributed by atoms with Crippen molar-refractivity contribution in [3.8, 4) is 0 Å². The van der Waals surface area contributed by atoms with E-state index in [0.29, 0.717) is 6.42 Å². The summed E-state index contributed by atoms with van der Waals surface area (Å²) in [6.45, 7) is 0.867. The van der Waals surface area contributed by atoms with Crippen molar-refractivity contribution < 1.29 is 9.90 Å². The highest BCUT2D eigenvalue weighted by Crippen LogP contribution is 1.95. The van der Waals surface area contributed by atoms with Crippen LogP contribution in [0, 0.1) is 0 Å². The van der Waals surface area contributed by atoms with E-state index in [1.165, 1.54) is 0 Å². The summed E-state index contributed by atoms with van der Waals surface area (Å²) in [6, 6.07) is -0.400. The highest BCUT2D eigenvalue weighted by atomic mass is 16.4. The molecule has 0 saturated carbocycles. The van der Waals surface area contributed by atoms with Gasteiger partial charge in [-0.25, -0.2) is 0 Å². The average molecular weight is 160 g/mol. The van der Waals surface area contributed by atoms with E-state index in [-0.39, 0.29) is 0 Å². The van der Waals surface area contributed by atoms with Crippen LogP contribution in [0.2, 0.25) is 0 Å². The van der Waals surface area contributed by atoms with Crippen LogP contribution >= 0.6 is 0 Å². The summed E-state index contributed by atoms with van der Waals surface area (Å²) in [5.74, 6) is -0.774. The third-order valence-corrected chi connectivity index (χ3v) is 1.57. The zero-order chi connectivity index (χ0) is 8.69. The van der Waals surface area contributed by atoms with E-state index in [0.717, 1.165) is 13.0 Å². The van der Waals surface area contributed by atoms with Crippen molar-refractivity contribution in [2.45, 2.75) is 18.9 Å². The zero-order valence-electron chi connectivity index (χ0n) is 7.05. The lowest BCUT2D eigenvalue weighted by Crippen LogP contribution is -2.34. The van der Waals surface area contributed by atoms with Gasteiger partial charge in [0.25, 0.3) is 0 Å². The standard InChI is InChI=1S/C7H16N2O2/c1-8-5-3-4-6(9-2)7(10)11/h6,8-9H,3-5H2,1-2H3,(H,10,11)/t6-/m0/s1. The van der Waals surface area contributed by atoms with Gasteiger partial charge in [0.05, 0.1) is 0 Å². The van der Waals surface area contributed by atoms with Crippen molar-refractivity contribution in [3.63, 3.8) is 0 Å². The molecule has 0 spiro atoms. The van der Waals surface area contributed by atoms with Crippen molar-refractivity contribution in [1.82, 2.24) is 10.6 Å². The van der Waals surface area contributed by atoms with Crippen molar-refractivity contribution >= 4 is 5.97 Å². The van der Waals surface area contributed by atoms with E-state index in [2.05, 4.69) is 10.6 Å². The molecule has 0 aromatic heterocycles. The lowest BCUT2D eigenvalue weighted by Gasteiger charge is -2.09. The number of carboxylic acids is 1. The average Bonchev–Trinajstić information content (AvgIpc) is 1.97. The molecule has 1 atom stereocenters. The summed E-state index contributed by atoms with van der Waals surface area (Å²) >= 11 is 0. The van der Waals surface area contributed by atoms with Gasteiger partial charge >= 0.3 is 5.97 Å². The molecule has 0 amide bonds. The molecule has 0 heterocycles. The molecule has 0 aliphatic heterocycles. The van der Waals surface area contributed by atoms with Crippen LogP contribution in [0.25, 0.3) is 0 Å². The van der Waals surface area contributed by atoms with Gasteiger partial charge in [0.15, 0.2) is 0 Å². The molecule has 3 N–H and O–H groups in total. The third-order valence-electron chi connectivity index (χ3n) is 1.57. The van der Waals surface area contributed by atoms with Crippen molar-refractivity contribution in [1.29, 1.82) is 0 Å². The predicted octanol–water partition coefficient (Wildman–Crippen LogP) is -0.341. The van der Waals surface area contributed by atoms with Crippen LogP contribution in [0.15, 0.2) is 0 Å². The van der Waals surface area contributed by atoms with E-state index in [4.69, 9.17) is 5.11 Å². The Morgan fingerprint density at radius 3 is 2.55 bits per heavy atom. The Balaban J connectivity index is 3.44. The smallest absolute Gasteiger partial charge is 0.320 e. The largest absolute Gasteiger partial charge is 0.480 e. The minimum atomic E-state index is -0.774. The Bertz CT molecular complexity index is 117. The van der Waals surface area contributed by atoms with Gasteiger partial charge in [-0.2, -0.15) is 0 Å². The Morgan fingerprint density at radius 2 is 2.18 bits per heavy atom. The molecule has 0 aromatic carbocycles. The Kier molecular flexibility index (Phi) is 5.78. The fourth-order valence-electron chi connectivity index (χ4n) is 0.874. The maximum Gasteiger partial charge on any atom is 0.320 e. The predicted molar refractivity (Wildman–Crippen MR) is 43.6 cm³/mol. The van der Waals surface area contributed by atoms with Gasteiger partial charge in [-0.05, 0) is 33.5 Å². The number of rotatable bonds is 6. The van der Waals surface area contributed by atoms with Gasteiger partial charge in [-0.1, -0.05) is 0 Å². The Morgan fingerprint density at radius 1 is 1.55 bits per heavy atom. The second-order valence-electron chi connectivity index (χ2n) is 2.43. The monoisotopic (exact) mass is 160 g/mol. The first-order valence-corrected chi connectivity index (χ1v) is 3.77. The van der Waals surface area contributed by atoms with Gasteiger partial charge in [-0.15, -0.1) is 0 Å². The van der Waals surface area contributed by atoms with Gasteiger partial charge in [0.2, 0.25) is 0 Å². The number of nitrogens with one attached hydrogen (secondary N) is 2. The molecular formula is C7H16N2O2. The van der Waals surface area contributed by atoms with Crippen molar-refractivity contribution in [2.75, 3.05) is 20.6 Å². The molecule has 4 heteroatoms. The molecular weight excluding hydrogens is 144 g/mol. The highest BCUT2D eigenvalue weighted by molar-refractivity contribution is 5.73. The number of carbonyl (C=O) groups is 1. The number of hydrogen-bond acceptors (Lipinski definition) is 3. The molecule has 0 bridgehead atoms.